The van der Waals surface area contributed by atoms with Crippen LogP contribution in [0.25, 0.3) is 16.9 Å². The lowest BCUT2D eigenvalue weighted by Crippen LogP contribution is -2.21. The van der Waals surface area contributed by atoms with Crippen LogP contribution in [-0.4, -0.2) is 9.55 Å². The molecule has 0 amide bonds. The maximum Gasteiger partial charge on any atom is 0.281 e. The number of hydrogen-bond donors (Lipinski definition) is 0. The van der Waals surface area contributed by atoms with Gasteiger partial charge in [-0.1, -0.05) is 53.5 Å². The Morgan fingerprint density at radius 2 is 1.71 bits per heavy atom. The van der Waals surface area contributed by atoms with E-state index in [1.54, 1.807) is 24.3 Å². The third-order valence-corrected chi connectivity index (χ3v) is 3.43. The molecule has 3 aromatic rings. The van der Waals surface area contributed by atoms with Crippen LogP contribution in [0.5, 0.6) is 0 Å². The molecule has 2 aromatic carbocycles. The molecule has 0 aliphatic carbocycles. The molecule has 0 saturated heterocycles. The summed E-state index contributed by atoms with van der Waals surface area (Å²) in [5.74, 6) is 0. The molecular weight excluding hydrogens is 307 g/mol. The van der Waals surface area contributed by atoms with Crippen molar-refractivity contribution < 1.29 is 0 Å². The SMILES string of the molecule is O=c1c(-c2cccc(Cl)c2)nc(Cl)cn1-c1ccccc1. The number of aromatic nitrogens is 2. The molecule has 1 aromatic heterocycles. The first-order chi connectivity index (χ1) is 10.1. The van der Waals surface area contributed by atoms with Gasteiger partial charge in [0.2, 0.25) is 0 Å². The Hall–Kier alpha value is -2.10. The lowest BCUT2D eigenvalue weighted by molar-refractivity contribution is 0.962. The fourth-order valence-corrected chi connectivity index (χ4v) is 2.44. The van der Waals surface area contributed by atoms with Gasteiger partial charge in [0.1, 0.15) is 10.8 Å². The molecule has 3 nitrogen and oxygen atoms in total. The van der Waals surface area contributed by atoms with Gasteiger partial charge >= 0.3 is 0 Å². The summed E-state index contributed by atoms with van der Waals surface area (Å²) in [5.41, 5.74) is 1.40. The molecule has 0 fully saturated rings. The second-order valence-electron chi connectivity index (χ2n) is 4.43. The van der Waals surface area contributed by atoms with Crippen molar-refractivity contribution >= 4 is 23.2 Å². The second kappa shape index (κ2) is 5.72. The number of benzene rings is 2. The summed E-state index contributed by atoms with van der Waals surface area (Å²) in [7, 11) is 0. The van der Waals surface area contributed by atoms with Crippen LogP contribution in [0.3, 0.4) is 0 Å². The van der Waals surface area contributed by atoms with Crippen LogP contribution in [-0.2, 0) is 0 Å². The molecule has 21 heavy (non-hydrogen) atoms. The van der Waals surface area contributed by atoms with Crippen LogP contribution in [0.4, 0.5) is 0 Å². The van der Waals surface area contributed by atoms with Gasteiger partial charge in [0, 0.05) is 16.3 Å². The molecule has 0 saturated carbocycles. The van der Waals surface area contributed by atoms with E-state index in [1.165, 1.54) is 10.8 Å². The topological polar surface area (TPSA) is 34.9 Å². The number of halogens is 2. The average Bonchev–Trinajstić information content (AvgIpc) is 2.50. The lowest BCUT2D eigenvalue weighted by Gasteiger charge is -2.09. The van der Waals surface area contributed by atoms with E-state index in [9.17, 15) is 4.79 Å². The zero-order chi connectivity index (χ0) is 14.8. The fourth-order valence-electron chi connectivity index (χ4n) is 2.07. The normalized spacial score (nSPS) is 10.6. The minimum absolute atomic E-state index is 0.243. The van der Waals surface area contributed by atoms with Crippen molar-refractivity contribution in [2.24, 2.45) is 0 Å². The van der Waals surface area contributed by atoms with Crippen molar-refractivity contribution in [1.82, 2.24) is 9.55 Å². The number of rotatable bonds is 2. The summed E-state index contributed by atoms with van der Waals surface area (Å²) in [5, 5.41) is 0.786. The van der Waals surface area contributed by atoms with E-state index in [0.717, 1.165) is 5.69 Å². The maximum absolute atomic E-state index is 12.6. The van der Waals surface area contributed by atoms with Crippen molar-refractivity contribution in [3.63, 3.8) is 0 Å². The molecule has 0 unspecified atom stereocenters. The zero-order valence-corrected chi connectivity index (χ0v) is 12.3. The molecule has 3 rings (SSSR count). The highest BCUT2D eigenvalue weighted by Crippen LogP contribution is 2.20. The van der Waals surface area contributed by atoms with Gasteiger partial charge < -0.3 is 0 Å². The Morgan fingerprint density at radius 1 is 0.952 bits per heavy atom. The summed E-state index contributed by atoms with van der Waals surface area (Å²) < 4.78 is 1.48. The highest BCUT2D eigenvalue weighted by molar-refractivity contribution is 6.31. The van der Waals surface area contributed by atoms with Gasteiger partial charge in [0.25, 0.3) is 5.56 Å². The quantitative estimate of drug-likeness (QED) is 0.710. The molecule has 0 radical (unpaired) electrons. The number of para-hydroxylation sites is 1. The number of hydrogen-bond acceptors (Lipinski definition) is 2. The highest BCUT2D eigenvalue weighted by atomic mass is 35.5. The van der Waals surface area contributed by atoms with Crippen molar-refractivity contribution in [3.05, 3.63) is 81.3 Å². The predicted octanol–water partition coefficient (Wildman–Crippen LogP) is 4.21. The lowest BCUT2D eigenvalue weighted by atomic mass is 10.1. The summed E-state index contributed by atoms with van der Waals surface area (Å²) in [6.07, 6.45) is 1.51. The van der Waals surface area contributed by atoms with Crippen LogP contribution >= 0.6 is 23.2 Å². The highest BCUT2D eigenvalue weighted by Gasteiger charge is 2.11. The molecule has 1 heterocycles. The van der Waals surface area contributed by atoms with Gasteiger partial charge in [-0.15, -0.1) is 0 Å². The first-order valence-corrected chi connectivity index (χ1v) is 7.01. The van der Waals surface area contributed by atoms with E-state index in [-0.39, 0.29) is 16.4 Å². The maximum atomic E-state index is 12.6. The Balaban J connectivity index is 2.24. The van der Waals surface area contributed by atoms with Gasteiger partial charge in [-0.25, -0.2) is 4.98 Å². The van der Waals surface area contributed by atoms with Gasteiger partial charge in [0.05, 0.1) is 6.20 Å². The van der Waals surface area contributed by atoms with Crippen LogP contribution in [0, 0.1) is 0 Å². The number of nitrogens with zero attached hydrogens (tertiary/aromatic N) is 2. The average molecular weight is 317 g/mol. The summed E-state index contributed by atoms with van der Waals surface area (Å²) in [6, 6.07) is 16.2. The Morgan fingerprint density at radius 3 is 2.43 bits per heavy atom. The molecule has 0 bridgehead atoms. The molecule has 5 heteroatoms. The first-order valence-electron chi connectivity index (χ1n) is 6.26. The third kappa shape index (κ3) is 2.84. The van der Waals surface area contributed by atoms with Crippen LogP contribution in [0.2, 0.25) is 10.2 Å². The van der Waals surface area contributed by atoms with Crippen molar-refractivity contribution in [3.8, 4) is 16.9 Å². The van der Waals surface area contributed by atoms with E-state index in [4.69, 9.17) is 23.2 Å². The van der Waals surface area contributed by atoms with Crippen molar-refractivity contribution in [2.75, 3.05) is 0 Å². The molecule has 0 aliphatic rings. The van der Waals surface area contributed by atoms with Gasteiger partial charge in [0.15, 0.2) is 0 Å². The van der Waals surface area contributed by atoms with Crippen molar-refractivity contribution in [2.45, 2.75) is 0 Å². The van der Waals surface area contributed by atoms with Gasteiger partial charge in [-0.3, -0.25) is 9.36 Å². The molecule has 0 atom stereocenters. The molecule has 104 valence electrons. The smallest absolute Gasteiger partial charge is 0.279 e. The van der Waals surface area contributed by atoms with Gasteiger partial charge in [-0.2, -0.15) is 0 Å². The Kier molecular flexibility index (Phi) is 3.78. The molecular formula is C16H10Cl2N2O. The monoisotopic (exact) mass is 316 g/mol. The Bertz CT molecular complexity index is 844. The zero-order valence-electron chi connectivity index (χ0n) is 10.8. The van der Waals surface area contributed by atoms with Crippen molar-refractivity contribution in [1.29, 1.82) is 0 Å². The summed E-state index contributed by atoms with van der Waals surface area (Å²) in [6.45, 7) is 0. The van der Waals surface area contributed by atoms with Crippen LogP contribution in [0.1, 0.15) is 0 Å². The molecule has 0 N–H and O–H groups in total. The van der Waals surface area contributed by atoms with E-state index in [2.05, 4.69) is 4.98 Å². The fraction of sp³-hybridized carbons (Fsp3) is 0. The van der Waals surface area contributed by atoms with Gasteiger partial charge in [-0.05, 0) is 24.3 Å². The Labute approximate surface area is 131 Å². The summed E-state index contributed by atoms with van der Waals surface area (Å²) in [4.78, 5) is 16.8. The van der Waals surface area contributed by atoms with E-state index in [1.807, 2.05) is 30.3 Å². The largest absolute Gasteiger partial charge is 0.281 e. The molecule has 0 aliphatic heterocycles. The van der Waals surface area contributed by atoms with E-state index >= 15 is 0 Å². The minimum Gasteiger partial charge on any atom is -0.279 e. The standard InChI is InChI=1S/C16H10Cl2N2O/c17-12-6-4-5-11(9-12)15-16(21)20(10-14(18)19-15)13-7-2-1-3-8-13/h1-10H. The minimum atomic E-state index is -0.243. The van der Waals surface area contributed by atoms with Crippen LogP contribution < -0.4 is 5.56 Å². The second-order valence-corrected chi connectivity index (χ2v) is 5.26. The van der Waals surface area contributed by atoms with E-state index in [0.29, 0.717) is 10.6 Å². The summed E-state index contributed by atoms with van der Waals surface area (Å²) >= 11 is 12.0. The van der Waals surface area contributed by atoms with Crippen LogP contribution in [0.15, 0.2) is 65.6 Å². The first kappa shape index (κ1) is 13.9. The van der Waals surface area contributed by atoms with E-state index < -0.39 is 0 Å². The predicted molar refractivity (Wildman–Crippen MR) is 85.3 cm³/mol. The third-order valence-electron chi connectivity index (χ3n) is 3.01. The molecule has 0 spiro atoms.